The first-order chi connectivity index (χ1) is 7.56. The molecule has 1 aromatic carbocycles. The van der Waals surface area contributed by atoms with E-state index in [0.29, 0.717) is 26.2 Å². The summed E-state index contributed by atoms with van der Waals surface area (Å²) in [5, 5.41) is 0. The van der Waals surface area contributed by atoms with Gasteiger partial charge in [-0.15, -0.1) is 11.3 Å². The molecule has 3 nitrogen and oxygen atoms in total. The molecule has 0 aliphatic carbocycles. The Morgan fingerprint density at radius 1 is 1.12 bits per heavy atom. The van der Waals surface area contributed by atoms with Crippen molar-refractivity contribution in [2.24, 2.45) is 0 Å². The summed E-state index contributed by atoms with van der Waals surface area (Å²) < 4.78 is 0.584. The van der Waals surface area contributed by atoms with Gasteiger partial charge in [-0.1, -0.05) is 11.6 Å². The van der Waals surface area contributed by atoms with Crippen LogP contribution in [-0.4, -0.2) is 5.78 Å². The summed E-state index contributed by atoms with van der Waals surface area (Å²) in [6.07, 6.45) is 0. The largest absolute Gasteiger partial charge is 0.399 e. The van der Waals surface area contributed by atoms with E-state index in [1.54, 1.807) is 30.3 Å². The maximum Gasteiger partial charge on any atom is 0.203 e. The molecule has 0 aliphatic rings. The summed E-state index contributed by atoms with van der Waals surface area (Å²) >= 11 is 7.01. The molecular weight excluding hydrogens is 244 g/mol. The molecule has 0 saturated heterocycles. The number of carbonyl (C=O) groups is 1. The third-order valence-corrected chi connectivity index (χ3v) is 3.27. The Morgan fingerprint density at radius 2 is 1.75 bits per heavy atom. The van der Waals surface area contributed by atoms with Crippen LogP contribution in [-0.2, 0) is 0 Å². The lowest BCUT2D eigenvalue weighted by atomic mass is 10.1. The molecule has 0 amide bonds. The lowest BCUT2D eigenvalue weighted by molar-refractivity contribution is 0.104. The van der Waals surface area contributed by atoms with E-state index in [-0.39, 0.29) is 5.78 Å². The smallest absolute Gasteiger partial charge is 0.203 e. The molecule has 16 heavy (non-hydrogen) atoms. The number of nitrogens with two attached hydrogens (primary N) is 2. The molecule has 2 rings (SSSR count). The number of halogens is 1. The van der Waals surface area contributed by atoms with Crippen molar-refractivity contribution >= 4 is 40.1 Å². The van der Waals surface area contributed by atoms with E-state index in [0.717, 1.165) is 0 Å². The van der Waals surface area contributed by atoms with Crippen LogP contribution in [0.4, 0.5) is 11.4 Å². The normalized spacial score (nSPS) is 10.3. The van der Waals surface area contributed by atoms with Crippen molar-refractivity contribution in [3.63, 3.8) is 0 Å². The van der Waals surface area contributed by atoms with Crippen molar-refractivity contribution in [1.82, 2.24) is 0 Å². The van der Waals surface area contributed by atoms with E-state index in [9.17, 15) is 4.79 Å². The Morgan fingerprint density at radius 3 is 2.25 bits per heavy atom. The number of benzene rings is 1. The summed E-state index contributed by atoms with van der Waals surface area (Å²) in [5.74, 6) is -0.115. The van der Waals surface area contributed by atoms with Crippen molar-refractivity contribution in [3.05, 3.63) is 45.1 Å². The van der Waals surface area contributed by atoms with Crippen molar-refractivity contribution in [1.29, 1.82) is 0 Å². The molecule has 2 aromatic rings. The van der Waals surface area contributed by atoms with Crippen LogP contribution in [0.1, 0.15) is 15.2 Å². The van der Waals surface area contributed by atoms with Crippen molar-refractivity contribution < 1.29 is 4.79 Å². The van der Waals surface area contributed by atoms with Crippen LogP contribution in [0.25, 0.3) is 0 Å². The number of anilines is 2. The number of ketones is 1. The second-order valence-electron chi connectivity index (χ2n) is 3.32. The summed E-state index contributed by atoms with van der Waals surface area (Å²) in [7, 11) is 0. The van der Waals surface area contributed by atoms with E-state index >= 15 is 0 Å². The zero-order valence-electron chi connectivity index (χ0n) is 8.24. The molecular formula is C11H9ClN2OS. The van der Waals surface area contributed by atoms with Gasteiger partial charge in [0.25, 0.3) is 0 Å². The monoisotopic (exact) mass is 252 g/mol. The maximum absolute atomic E-state index is 12.0. The first kappa shape index (κ1) is 11.0. The number of thiophene rings is 1. The van der Waals surface area contributed by atoms with Gasteiger partial charge in [0, 0.05) is 16.9 Å². The van der Waals surface area contributed by atoms with Gasteiger partial charge in [-0.05, 0) is 30.3 Å². The van der Waals surface area contributed by atoms with Crippen molar-refractivity contribution in [2.75, 3.05) is 11.5 Å². The van der Waals surface area contributed by atoms with E-state index in [1.807, 2.05) is 0 Å². The third-order valence-electron chi connectivity index (χ3n) is 2.04. The van der Waals surface area contributed by atoms with Gasteiger partial charge in [0.05, 0.1) is 9.21 Å². The predicted octanol–water partition coefficient (Wildman–Crippen LogP) is 2.80. The van der Waals surface area contributed by atoms with Gasteiger partial charge in [0.2, 0.25) is 5.78 Å². The van der Waals surface area contributed by atoms with Gasteiger partial charge in [-0.3, -0.25) is 4.79 Å². The molecule has 0 radical (unpaired) electrons. The summed E-state index contributed by atoms with van der Waals surface area (Å²) in [6, 6.07) is 8.20. The van der Waals surface area contributed by atoms with Gasteiger partial charge in [-0.2, -0.15) is 0 Å². The molecule has 0 bridgehead atoms. The highest BCUT2D eigenvalue weighted by Crippen LogP contribution is 2.25. The molecule has 82 valence electrons. The van der Waals surface area contributed by atoms with Crippen molar-refractivity contribution in [2.45, 2.75) is 0 Å². The minimum atomic E-state index is -0.115. The molecule has 0 unspecified atom stereocenters. The zero-order chi connectivity index (χ0) is 11.7. The fraction of sp³-hybridized carbons (Fsp3) is 0. The first-order valence-electron chi connectivity index (χ1n) is 4.52. The zero-order valence-corrected chi connectivity index (χ0v) is 9.81. The number of carbonyl (C=O) groups excluding carboxylic acids is 1. The maximum atomic E-state index is 12.0. The topological polar surface area (TPSA) is 69.1 Å². The minimum Gasteiger partial charge on any atom is -0.399 e. The van der Waals surface area contributed by atoms with Crippen LogP contribution >= 0.6 is 22.9 Å². The molecule has 0 saturated carbocycles. The van der Waals surface area contributed by atoms with Gasteiger partial charge in [0.15, 0.2) is 0 Å². The van der Waals surface area contributed by atoms with Crippen LogP contribution in [0.5, 0.6) is 0 Å². The number of hydrogen-bond donors (Lipinski definition) is 2. The second kappa shape index (κ2) is 4.15. The van der Waals surface area contributed by atoms with E-state index in [4.69, 9.17) is 23.1 Å². The Labute approximate surface area is 102 Å². The standard InChI is InChI=1S/C11H9ClN2OS/c12-10-2-1-9(16-10)11(15)6-3-7(13)5-8(14)4-6/h1-5H,13-14H2. The Bertz CT molecular complexity index is 530. The fourth-order valence-electron chi connectivity index (χ4n) is 1.39. The summed E-state index contributed by atoms with van der Waals surface area (Å²) in [6.45, 7) is 0. The predicted molar refractivity (Wildman–Crippen MR) is 68.0 cm³/mol. The summed E-state index contributed by atoms with van der Waals surface area (Å²) in [4.78, 5) is 12.6. The SMILES string of the molecule is Nc1cc(N)cc(C(=O)c2ccc(Cl)s2)c1. The lowest BCUT2D eigenvalue weighted by Crippen LogP contribution is -2.01. The number of hydrogen-bond acceptors (Lipinski definition) is 4. The highest BCUT2D eigenvalue weighted by Gasteiger charge is 2.12. The highest BCUT2D eigenvalue weighted by atomic mass is 35.5. The Kier molecular flexibility index (Phi) is 2.85. The van der Waals surface area contributed by atoms with Crippen LogP contribution < -0.4 is 11.5 Å². The molecule has 4 N–H and O–H groups in total. The molecule has 0 fully saturated rings. The Hall–Kier alpha value is -1.52. The molecule has 0 atom stereocenters. The van der Waals surface area contributed by atoms with Gasteiger partial charge >= 0.3 is 0 Å². The Balaban J connectivity index is 2.41. The van der Waals surface area contributed by atoms with Crippen LogP contribution in [0.15, 0.2) is 30.3 Å². The number of rotatable bonds is 2. The molecule has 0 aliphatic heterocycles. The van der Waals surface area contributed by atoms with Gasteiger partial charge in [0.1, 0.15) is 0 Å². The molecule has 0 spiro atoms. The van der Waals surface area contributed by atoms with Crippen molar-refractivity contribution in [3.8, 4) is 0 Å². The first-order valence-corrected chi connectivity index (χ1v) is 5.72. The average Bonchev–Trinajstić information content (AvgIpc) is 2.62. The second-order valence-corrected chi connectivity index (χ2v) is 5.04. The molecule has 1 heterocycles. The fourth-order valence-corrected chi connectivity index (χ4v) is 2.39. The van der Waals surface area contributed by atoms with E-state index in [2.05, 4.69) is 0 Å². The van der Waals surface area contributed by atoms with Gasteiger partial charge in [-0.25, -0.2) is 0 Å². The summed E-state index contributed by atoms with van der Waals surface area (Å²) in [5.41, 5.74) is 12.7. The van der Waals surface area contributed by atoms with E-state index in [1.165, 1.54) is 11.3 Å². The average molecular weight is 253 g/mol. The van der Waals surface area contributed by atoms with Crippen LogP contribution in [0, 0.1) is 0 Å². The third kappa shape index (κ3) is 2.18. The lowest BCUT2D eigenvalue weighted by Gasteiger charge is -2.02. The molecule has 1 aromatic heterocycles. The van der Waals surface area contributed by atoms with Crippen LogP contribution in [0.3, 0.4) is 0 Å². The van der Waals surface area contributed by atoms with Crippen LogP contribution in [0.2, 0.25) is 4.34 Å². The van der Waals surface area contributed by atoms with E-state index < -0.39 is 0 Å². The highest BCUT2D eigenvalue weighted by molar-refractivity contribution is 7.18. The van der Waals surface area contributed by atoms with Gasteiger partial charge < -0.3 is 11.5 Å². The number of nitrogen functional groups attached to an aromatic ring is 2. The minimum absolute atomic E-state index is 0.115. The quantitative estimate of drug-likeness (QED) is 0.638. The molecule has 5 heteroatoms.